The predicted molar refractivity (Wildman–Crippen MR) is 90.2 cm³/mol. The maximum Gasteiger partial charge on any atom is 0.163 e. The predicted octanol–water partition coefficient (Wildman–Crippen LogP) is 3.46. The summed E-state index contributed by atoms with van der Waals surface area (Å²) < 4.78 is 11.4. The maximum atomic E-state index is 9.90. The van der Waals surface area contributed by atoms with Gasteiger partial charge in [0.25, 0.3) is 0 Å². The number of benzene rings is 2. The van der Waals surface area contributed by atoms with E-state index in [1.807, 2.05) is 37.3 Å². The second kappa shape index (κ2) is 8.51. The lowest BCUT2D eigenvalue weighted by Gasteiger charge is -2.19. The first-order valence-electron chi connectivity index (χ1n) is 6.97. The van der Waals surface area contributed by atoms with E-state index in [9.17, 15) is 5.11 Å². The van der Waals surface area contributed by atoms with Crippen LogP contribution in [0.5, 0.6) is 17.2 Å². The van der Waals surface area contributed by atoms with Gasteiger partial charge in [-0.15, -0.1) is 12.4 Å². The minimum atomic E-state index is -0.284. The van der Waals surface area contributed by atoms with E-state index in [1.54, 1.807) is 19.2 Å². The van der Waals surface area contributed by atoms with Crippen LogP contribution < -0.4 is 15.2 Å². The molecule has 2 aromatic carbocycles. The molecule has 5 heteroatoms. The zero-order valence-electron chi connectivity index (χ0n) is 12.8. The molecule has 1 unspecified atom stereocenters. The highest BCUT2D eigenvalue weighted by Crippen LogP contribution is 2.35. The lowest BCUT2D eigenvalue weighted by atomic mass is 10.1. The fourth-order valence-electron chi connectivity index (χ4n) is 2.32. The van der Waals surface area contributed by atoms with Crippen molar-refractivity contribution in [1.29, 1.82) is 0 Å². The van der Waals surface area contributed by atoms with Crippen LogP contribution in [-0.2, 0) is 6.42 Å². The Morgan fingerprint density at radius 3 is 2.50 bits per heavy atom. The molecule has 0 aliphatic rings. The van der Waals surface area contributed by atoms with Gasteiger partial charge in [-0.1, -0.05) is 30.3 Å². The standard InChI is InChI=1S/C17H21NO3.ClH/c1-12(14-7-3-4-8-15(14)19)21-16-9-5-6-13(10-11-18)17(16)20-2;/h3-9,12,19H,10-11,18H2,1-2H3;1H. The Hall–Kier alpha value is -1.91. The summed E-state index contributed by atoms with van der Waals surface area (Å²) in [5.41, 5.74) is 7.37. The van der Waals surface area contributed by atoms with Crippen molar-refractivity contribution >= 4 is 12.4 Å². The van der Waals surface area contributed by atoms with Crippen LogP contribution in [0.2, 0.25) is 0 Å². The van der Waals surface area contributed by atoms with Gasteiger partial charge in [0.15, 0.2) is 11.5 Å². The molecule has 3 N–H and O–H groups in total. The molecule has 0 amide bonds. The molecule has 0 aliphatic carbocycles. The van der Waals surface area contributed by atoms with Crippen LogP contribution in [0.25, 0.3) is 0 Å². The number of rotatable bonds is 6. The third kappa shape index (κ3) is 4.06. The van der Waals surface area contributed by atoms with Crippen LogP contribution in [0.3, 0.4) is 0 Å². The zero-order valence-corrected chi connectivity index (χ0v) is 13.6. The molecule has 0 heterocycles. The number of aromatic hydroxyl groups is 1. The van der Waals surface area contributed by atoms with Crippen molar-refractivity contribution in [2.45, 2.75) is 19.4 Å². The summed E-state index contributed by atoms with van der Waals surface area (Å²) in [6.45, 7) is 2.44. The second-order valence-electron chi connectivity index (χ2n) is 4.81. The number of hydrogen-bond acceptors (Lipinski definition) is 4. The summed E-state index contributed by atoms with van der Waals surface area (Å²) >= 11 is 0. The molecule has 0 bridgehead atoms. The van der Waals surface area contributed by atoms with E-state index >= 15 is 0 Å². The molecule has 2 rings (SSSR count). The molecule has 0 fully saturated rings. The van der Waals surface area contributed by atoms with Crippen molar-refractivity contribution in [3.05, 3.63) is 53.6 Å². The van der Waals surface area contributed by atoms with Gasteiger partial charge >= 0.3 is 0 Å². The van der Waals surface area contributed by atoms with Gasteiger partial charge in [0, 0.05) is 5.56 Å². The maximum absolute atomic E-state index is 9.90. The highest BCUT2D eigenvalue weighted by molar-refractivity contribution is 5.85. The molecule has 22 heavy (non-hydrogen) atoms. The Balaban J connectivity index is 0.00000242. The normalized spacial score (nSPS) is 11.4. The average molecular weight is 324 g/mol. The Morgan fingerprint density at radius 2 is 1.86 bits per heavy atom. The SMILES string of the molecule is COc1c(CCN)cccc1OC(C)c1ccccc1O.Cl. The largest absolute Gasteiger partial charge is 0.508 e. The van der Waals surface area contributed by atoms with Crippen LogP contribution in [-0.4, -0.2) is 18.8 Å². The molecule has 0 saturated carbocycles. The topological polar surface area (TPSA) is 64.7 Å². The fraction of sp³-hybridized carbons (Fsp3) is 0.294. The van der Waals surface area contributed by atoms with Gasteiger partial charge < -0.3 is 20.3 Å². The molecule has 2 aromatic rings. The highest BCUT2D eigenvalue weighted by atomic mass is 35.5. The number of halogens is 1. The highest BCUT2D eigenvalue weighted by Gasteiger charge is 2.15. The lowest BCUT2D eigenvalue weighted by molar-refractivity contribution is 0.211. The summed E-state index contributed by atoms with van der Waals surface area (Å²) in [6.07, 6.45) is 0.443. The summed E-state index contributed by atoms with van der Waals surface area (Å²) in [5.74, 6) is 1.58. The van der Waals surface area contributed by atoms with Crippen LogP contribution in [0.4, 0.5) is 0 Å². The van der Waals surface area contributed by atoms with Crippen LogP contribution >= 0.6 is 12.4 Å². The molecule has 0 saturated heterocycles. The Bertz CT molecular complexity index is 604. The van der Waals surface area contributed by atoms with Gasteiger partial charge in [-0.2, -0.15) is 0 Å². The van der Waals surface area contributed by atoms with Crippen molar-refractivity contribution in [1.82, 2.24) is 0 Å². The summed E-state index contributed by atoms with van der Waals surface area (Å²) in [4.78, 5) is 0. The van der Waals surface area contributed by atoms with Gasteiger partial charge in [-0.05, 0) is 37.6 Å². The number of nitrogens with two attached hydrogens (primary N) is 1. The molecule has 0 spiro atoms. The van der Waals surface area contributed by atoms with E-state index in [0.29, 0.717) is 18.0 Å². The average Bonchev–Trinajstić information content (AvgIpc) is 2.48. The number of phenolic OH excluding ortho intramolecular Hbond substituents is 1. The van der Waals surface area contributed by atoms with E-state index in [0.717, 1.165) is 17.5 Å². The van der Waals surface area contributed by atoms with E-state index in [1.165, 1.54) is 0 Å². The Labute approximate surface area is 137 Å². The van der Waals surface area contributed by atoms with E-state index in [2.05, 4.69) is 0 Å². The minimum Gasteiger partial charge on any atom is -0.508 e. The molecule has 0 aliphatic heterocycles. The zero-order chi connectivity index (χ0) is 15.2. The molecule has 0 radical (unpaired) electrons. The van der Waals surface area contributed by atoms with Crippen LogP contribution in [0.15, 0.2) is 42.5 Å². The molecule has 4 nitrogen and oxygen atoms in total. The van der Waals surface area contributed by atoms with Crippen molar-refractivity contribution < 1.29 is 14.6 Å². The van der Waals surface area contributed by atoms with Gasteiger partial charge in [0.1, 0.15) is 11.9 Å². The van der Waals surface area contributed by atoms with E-state index in [4.69, 9.17) is 15.2 Å². The second-order valence-corrected chi connectivity index (χ2v) is 4.81. The van der Waals surface area contributed by atoms with Gasteiger partial charge in [-0.25, -0.2) is 0 Å². The van der Waals surface area contributed by atoms with Crippen LogP contribution in [0, 0.1) is 0 Å². The van der Waals surface area contributed by atoms with E-state index in [-0.39, 0.29) is 24.3 Å². The summed E-state index contributed by atoms with van der Waals surface area (Å²) in [5, 5.41) is 9.90. The molecule has 120 valence electrons. The number of methoxy groups -OCH3 is 1. The monoisotopic (exact) mass is 323 g/mol. The van der Waals surface area contributed by atoms with E-state index < -0.39 is 0 Å². The Morgan fingerprint density at radius 1 is 1.14 bits per heavy atom. The van der Waals surface area contributed by atoms with Gasteiger partial charge in [0.2, 0.25) is 0 Å². The molecule has 0 aromatic heterocycles. The summed E-state index contributed by atoms with van der Waals surface area (Å²) in [7, 11) is 1.62. The van der Waals surface area contributed by atoms with Gasteiger partial charge in [-0.3, -0.25) is 0 Å². The van der Waals surface area contributed by atoms with Crippen LogP contribution in [0.1, 0.15) is 24.2 Å². The fourth-order valence-corrected chi connectivity index (χ4v) is 2.32. The number of para-hydroxylation sites is 2. The van der Waals surface area contributed by atoms with Gasteiger partial charge in [0.05, 0.1) is 7.11 Å². The van der Waals surface area contributed by atoms with Crippen molar-refractivity contribution in [2.75, 3.05) is 13.7 Å². The first-order chi connectivity index (χ1) is 10.2. The number of hydrogen-bond donors (Lipinski definition) is 2. The minimum absolute atomic E-state index is 0. The number of ether oxygens (including phenoxy) is 2. The molecular formula is C17H22ClNO3. The number of phenols is 1. The third-order valence-electron chi connectivity index (χ3n) is 3.36. The molecular weight excluding hydrogens is 302 g/mol. The summed E-state index contributed by atoms with van der Waals surface area (Å²) in [6, 6.07) is 12.9. The van der Waals surface area contributed by atoms with Crippen molar-refractivity contribution in [3.8, 4) is 17.2 Å². The smallest absolute Gasteiger partial charge is 0.163 e. The first kappa shape index (κ1) is 18.1. The Kier molecular flexibility index (Phi) is 7.02. The van der Waals surface area contributed by atoms with Crippen molar-refractivity contribution in [3.63, 3.8) is 0 Å². The molecule has 1 atom stereocenters. The van der Waals surface area contributed by atoms with Crippen molar-refractivity contribution in [2.24, 2.45) is 5.73 Å². The lowest BCUT2D eigenvalue weighted by Crippen LogP contribution is -2.07. The quantitative estimate of drug-likeness (QED) is 0.854. The first-order valence-corrected chi connectivity index (χ1v) is 6.97. The third-order valence-corrected chi connectivity index (χ3v) is 3.36.